The molecule has 0 aromatic heterocycles. The normalized spacial score (nSPS) is 23.4. The molecule has 0 aliphatic carbocycles. The van der Waals surface area contributed by atoms with Gasteiger partial charge in [0.25, 0.3) is 0 Å². The molecule has 3 aliphatic heterocycles. The van der Waals surface area contributed by atoms with Crippen LogP contribution in [0.5, 0.6) is 0 Å². The third-order valence-corrected chi connectivity index (χ3v) is 24.0. The number of benzene rings is 12. The first kappa shape index (κ1) is 97.9. The van der Waals surface area contributed by atoms with Crippen molar-refractivity contribution in [3.05, 3.63) is 456 Å². The summed E-state index contributed by atoms with van der Waals surface area (Å²) < 4.78 is 146. The second-order valence-corrected chi connectivity index (χ2v) is 34.0. The summed E-state index contributed by atoms with van der Waals surface area (Å²) in [5, 5.41) is 0. The van der Waals surface area contributed by atoms with Crippen LogP contribution in [0.3, 0.4) is 0 Å². The highest BCUT2D eigenvalue weighted by atomic mass is 16.8. The lowest BCUT2D eigenvalue weighted by molar-refractivity contribution is -0.451. The molecule has 3 saturated heterocycles. The summed E-state index contributed by atoms with van der Waals surface area (Å²) in [5.74, 6) is -6.44. The number of hydrogen-bond donors (Lipinski definition) is 0. The molecule has 3 heterocycles. The molecule has 0 saturated carbocycles. The van der Waals surface area contributed by atoms with Crippen molar-refractivity contribution in [1.29, 1.82) is 0 Å². The Morgan fingerprint density at radius 2 is 0.403 bits per heavy atom. The Morgan fingerprint density at radius 3 is 0.634 bits per heavy atom. The van der Waals surface area contributed by atoms with Crippen molar-refractivity contribution in [2.45, 2.75) is 196 Å². The lowest BCUT2D eigenvalue weighted by atomic mass is 9.89. The molecule has 12 aromatic rings. The van der Waals surface area contributed by atoms with Crippen LogP contribution in [0.1, 0.15) is 92.4 Å². The van der Waals surface area contributed by atoms with Crippen LogP contribution >= 0.6 is 0 Å². The van der Waals surface area contributed by atoms with Crippen molar-refractivity contribution in [2.24, 2.45) is 0 Å². The quantitative estimate of drug-likeness (QED) is 0.0260. The molecular weight excluding hydrogens is 1690 g/mol. The molecule has 134 heavy (non-hydrogen) atoms. The Bertz CT molecular complexity index is 5210. The molecule has 0 spiro atoms. The lowest BCUT2D eigenvalue weighted by Gasteiger charge is -2.56. The van der Waals surface area contributed by atoms with E-state index in [0.29, 0.717) is 25.7 Å². The summed E-state index contributed by atoms with van der Waals surface area (Å²) >= 11 is 0. The van der Waals surface area contributed by atoms with Crippen LogP contribution in [-0.2, 0) is 169 Å². The van der Waals surface area contributed by atoms with Gasteiger partial charge in [0.15, 0.2) is 0 Å². The van der Waals surface area contributed by atoms with Crippen LogP contribution in [0.25, 0.3) is 0 Å². The zero-order chi connectivity index (χ0) is 91.6. The van der Waals surface area contributed by atoms with E-state index in [9.17, 15) is 0 Å². The first-order chi connectivity index (χ1) is 66.3. The second kappa shape index (κ2) is 53.0. The fraction of sp³-hybridized carbons (Fsp3) is 0.339. The minimum Gasteiger partial charge on any atom is -0.376 e. The van der Waals surface area contributed by atoms with Gasteiger partial charge in [-0.25, -0.2) is 0 Å². The molecule has 12 aromatic carbocycles. The first-order valence-electron chi connectivity index (χ1n) is 46.8. The number of allylic oxidation sites excluding steroid dienone is 2. The number of hydrogen-bond acceptors (Lipinski definition) is 19. The monoisotopic (exact) mass is 1810 g/mol. The van der Waals surface area contributed by atoms with Gasteiger partial charge >= 0.3 is 0 Å². The molecule has 0 bridgehead atoms. The molecule has 3 aliphatic rings. The molecule has 19 heteroatoms. The Hall–Kier alpha value is -10.6. The fourth-order valence-electron chi connectivity index (χ4n) is 17.0. The SMILES string of the molecule is C=CCCCOC[C@]1(OC[C@]2(OC[C@]3(OCCCC=C)O[C@H](COCc4ccccc4)[C@H](OCc4ccccc4)[C@H](OCc4ccccc4)[C@H]3OCc3ccccc3)O[C@H](COCc3ccccc3)[C@H](OCc3ccccc3)[C@H](OCc3ccccc3)[C@H]2OCc2ccccc2)O[C@H](COCc2ccccc2)[C@H](OCc2ccccc2)[C@H](OCc2ccccc2)[C@H]1OCc1ccccc1. The molecule has 700 valence electrons. The maximum absolute atomic E-state index is 8.50. The second-order valence-electron chi connectivity index (χ2n) is 34.0. The van der Waals surface area contributed by atoms with E-state index in [1.165, 1.54) is 0 Å². The molecule has 15 atom stereocenters. The summed E-state index contributed by atoms with van der Waals surface area (Å²) in [7, 11) is 0. The highest BCUT2D eigenvalue weighted by Gasteiger charge is 2.66. The zero-order valence-corrected chi connectivity index (χ0v) is 76.4. The molecule has 0 amide bonds. The van der Waals surface area contributed by atoms with Gasteiger partial charge in [-0.15, -0.1) is 13.2 Å². The summed E-state index contributed by atoms with van der Waals surface area (Å²) in [5.41, 5.74) is 10.7. The van der Waals surface area contributed by atoms with Gasteiger partial charge in [-0.3, -0.25) is 0 Å². The van der Waals surface area contributed by atoms with E-state index >= 15 is 0 Å². The van der Waals surface area contributed by atoms with E-state index < -0.39 is 104 Å². The van der Waals surface area contributed by atoms with Crippen LogP contribution in [0.2, 0.25) is 0 Å². The Morgan fingerprint density at radius 1 is 0.209 bits per heavy atom. The van der Waals surface area contributed by atoms with E-state index in [1.807, 2.05) is 376 Å². The predicted octanol–water partition coefficient (Wildman–Crippen LogP) is 21.2. The summed E-state index contributed by atoms with van der Waals surface area (Å²) in [4.78, 5) is 0. The van der Waals surface area contributed by atoms with Crippen LogP contribution < -0.4 is 0 Å². The maximum atomic E-state index is 8.50. The summed E-state index contributed by atoms with van der Waals surface area (Å²) in [6.45, 7) is 8.37. The van der Waals surface area contributed by atoms with Gasteiger partial charge in [0.05, 0.1) is 106 Å². The van der Waals surface area contributed by atoms with Crippen molar-refractivity contribution in [2.75, 3.05) is 52.9 Å². The Kier molecular flexibility index (Phi) is 38.7. The first-order valence-corrected chi connectivity index (χ1v) is 46.8. The third-order valence-electron chi connectivity index (χ3n) is 24.0. The van der Waals surface area contributed by atoms with Crippen LogP contribution in [0.4, 0.5) is 0 Å². The van der Waals surface area contributed by atoms with Gasteiger partial charge in [0.2, 0.25) is 17.4 Å². The van der Waals surface area contributed by atoms with E-state index in [1.54, 1.807) is 0 Å². The summed E-state index contributed by atoms with van der Waals surface area (Å²) in [6.07, 6.45) is -7.18. The number of rotatable bonds is 56. The Labute approximate surface area is 790 Å². The van der Waals surface area contributed by atoms with E-state index in [2.05, 4.69) is 13.2 Å². The molecule has 19 nitrogen and oxygen atoms in total. The largest absolute Gasteiger partial charge is 0.376 e. The molecular formula is C115H126O19. The molecule has 0 unspecified atom stereocenters. The van der Waals surface area contributed by atoms with Crippen molar-refractivity contribution < 1.29 is 90.0 Å². The minimum atomic E-state index is -2.31. The van der Waals surface area contributed by atoms with Gasteiger partial charge in [-0.05, 0) is 92.4 Å². The van der Waals surface area contributed by atoms with E-state index in [-0.39, 0.29) is 119 Å². The molecule has 15 rings (SSSR count). The lowest BCUT2D eigenvalue weighted by Crippen LogP contribution is -2.74. The topological polar surface area (TPSA) is 175 Å². The number of ether oxygens (including phenoxy) is 19. The van der Waals surface area contributed by atoms with Gasteiger partial charge in [-0.1, -0.05) is 376 Å². The molecule has 3 fully saturated rings. The van der Waals surface area contributed by atoms with Crippen LogP contribution in [0, 0.1) is 0 Å². The van der Waals surface area contributed by atoms with Gasteiger partial charge in [0.1, 0.15) is 93.1 Å². The minimum absolute atomic E-state index is 0.0293. The van der Waals surface area contributed by atoms with Crippen molar-refractivity contribution in [1.82, 2.24) is 0 Å². The third kappa shape index (κ3) is 29.0. The highest BCUT2D eigenvalue weighted by molar-refractivity contribution is 5.24. The van der Waals surface area contributed by atoms with Crippen LogP contribution in [0.15, 0.2) is 389 Å². The average molecular weight is 1810 g/mol. The molecule has 0 radical (unpaired) electrons. The van der Waals surface area contributed by atoms with Crippen molar-refractivity contribution in [3.63, 3.8) is 0 Å². The Balaban J connectivity index is 0.968. The molecule has 0 N–H and O–H groups in total. The van der Waals surface area contributed by atoms with Crippen molar-refractivity contribution in [3.8, 4) is 0 Å². The zero-order valence-electron chi connectivity index (χ0n) is 76.4. The summed E-state index contributed by atoms with van der Waals surface area (Å²) in [6, 6.07) is 120. The van der Waals surface area contributed by atoms with Gasteiger partial charge in [0, 0.05) is 6.61 Å². The van der Waals surface area contributed by atoms with Gasteiger partial charge in [-0.2, -0.15) is 0 Å². The smallest absolute Gasteiger partial charge is 0.222 e. The van der Waals surface area contributed by atoms with E-state index in [0.717, 1.165) is 66.8 Å². The standard InChI is InChI=1S/C115H126O19/c1-3-5-43-69-116-86-113(110(126-80-98-63-37-16-38-64-98)107(123-77-95-57-31-13-32-58-95)104(120-74-92-51-25-10-26-52-92)101(132-113)83-117-71-89-45-19-7-20-46-89)130-88-115(112(128-82-100-67-41-18-42-68-100)109(125-79-97-61-35-15-36-62-97)106(122-76-94-55-29-12-30-56-94)103(134-115)85-119-73-91-49-23-9-24-50-91)131-87-114(129-70-44-6-4-2)111(127-81-99-65-39-17-40-66-99)108(124-78-96-59-33-14-34-60-96)105(121-75-93-53-27-11-28-54-93)102(133-114)84-118-72-90-47-21-8-22-48-90/h3-4,7-42,45-68,101-112H,1-2,5-6,43-44,69-88H2/t101-,102-,103-,104+,105+,106+,107+,108+,109+,110-,111-,112-,113+,114+,115+/m1/s1. The number of unbranched alkanes of at least 4 members (excludes halogenated alkanes) is 2. The van der Waals surface area contributed by atoms with Crippen molar-refractivity contribution >= 4 is 0 Å². The fourth-order valence-corrected chi connectivity index (χ4v) is 17.0. The van der Waals surface area contributed by atoms with E-state index in [4.69, 9.17) is 90.0 Å². The average Bonchev–Trinajstić information content (AvgIpc) is 0.731. The van der Waals surface area contributed by atoms with Gasteiger partial charge < -0.3 is 90.0 Å². The maximum Gasteiger partial charge on any atom is 0.222 e. The predicted molar refractivity (Wildman–Crippen MR) is 514 cm³/mol. The van der Waals surface area contributed by atoms with Crippen LogP contribution in [-0.4, -0.2) is 143 Å². The highest BCUT2D eigenvalue weighted by Crippen LogP contribution is 2.47.